The van der Waals surface area contributed by atoms with Crippen molar-refractivity contribution >= 4 is 45.1 Å². The van der Waals surface area contributed by atoms with Crippen molar-refractivity contribution in [1.29, 1.82) is 0 Å². The summed E-state index contributed by atoms with van der Waals surface area (Å²) in [5.41, 5.74) is 7.02. The molecule has 0 saturated carbocycles. The Morgan fingerprint density at radius 2 is 1.69 bits per heavy atom. The van der Waals surface area contributed by atoms with E-state index in [0.717, 1.165) is 16.5 Å². The molecule has 32 heavy (non-hydrogen) atoms. The number of rotatable bonds is 6. The molecule has 0 atom stereocenters. The smallest absolute Gasteiger partial charge is 0.269 e. The Morgan fingerprint density at radius 1 is 1.03 bits per heavy atom. The number of thiocarbonyl (C=S) groups is 1. The van der Waals surface area contributed by atoms with Crippen molar-refractivity contribution in [2.45, 2.75) is 46.5 Å². The number of carbonyl (C=O) groups excluding carboxylic acids is 2. The number of ether oxygens (including phenoxy) is 1. The fourth-order valence-electron chi connectivity index (χ4n) is 2.72. The van der Waals surface area contributed by atoms with E-state index in [2.05, 4.69) is 66.7 Å². The van der Waals surface area contributed by atoms with Crippen molar-refractivity contribution in [3.05, 3.63) is 63.6 Å². The Hall–Kier alpha value is -2.45. The van der Waals surface area contributed by atoms with Gasteiger partial charge in [0.05, 0.1) is 12.2 Å². The van der Waals surface area contributed by atoms with Crippen LogP contribution >= 0.6 is 28.1 Å². The average molecular weight is 520 g/mol. The Bertz CT molecular complexity index is 969. The molecule has 0 aliphatic carbocycles. The van der Waals surface area contributed by atoms with Crippen molar-refractivity contribution in [2.24, 2.45) is 5.92 Å². The summed E-state index contributed by atoms with van der Waals surface area (Å²) in [5, 5.41) is 2.54. The zero-order valence-corrected chi connectivity index (χ0v) is 21.4. The average Bonchev–Trinajstić information content (AvgIpc) is 2.72. The van der Waals surface area contributed by atoms with Gasteiger partial charge in [0.25, 0.3) is 11.8 Å². The number of benzene rings is 2. The zero-order valence-electron chi connectivity index (χ0n) is 19.0. The SMILES string of the molecule is CC(C)CCOc1ccc(Br)cc1C(=O)NC(=S)NNC(=O)c1ccc(C(C)(C)C)cc1. The lowest BCUT2D eigenvalue weighted by atomic mass is 9.87. The van der Waals surface area contributed by atoms with E-state index in [1.165, 1.54) is 0 Å². The summed E-state index contributed by atoms with van der Waals surface area (Å²) < 4.78 is 6.52. The van der Waals surface area contributed by atoms with Gasteiger partial charge >= 0.3 is 0 Å². The number of halogens is 1. The minimum atomic E-state index is -0.438. The topological polar surface area (TPSA) is 79.5 Å². The summed E-state index contributed by atoms with van der Waals surface area (Å²) in [5.74, 6) is 0.166. The van der Waals surface area contributed by atoms with Gasteiger partial charge in [-0.05, 0) is 65.9 Å². The van der Waals surface area contributed by atoms with Crippen molar-refractivity contribution in [2.75, 3.05) is 6.61 Å². The first kappa shape index (κ1) is 25.8. The quantitative estimate of drug-likeness (QED) is 0.364. The maximum absolute atomic E-state index is 12.7. The molecule has 172 valence electrons. The third kappa shape index (κ3) is 7.91. The minimum Gasteiger partial charge on any atom is -0.493 e. The molecular formula is C24H30BrN3O3S. The third-order valence-corrected chi connectivity index (χ3v) is 5.37. The van der Waals surface area contributed by atoms with E-state index in [1.807, 2.05) is 18.2 Å². The van der Waals surface area contributed by atoms with Crippen molar-refractivity contribution in [3.8, 4) is 5.75 Å². The number of amides is 2. The summed E-state index contributed by atoms with van der Waals surface area (Å²) in [4.78, 5) is 25.1. The lowest BCUT2D eigenvalue weighted by Crippen LogP contribution is -2.48. The second kappa shape index (κ2) is 11.4. The van der Waals surface area contributed by atoms with Gasteiger partial charge < -0.3 is 4.74 Å². The molecule has 0 radical (unpaired) electrons. The van der Waals surface area contributed by atoms with Gasteiger partial charge in [-0.25, -0.2) is 0 Å². The fourth-order valence-corrected chi connectivity index (χ4v) is 3.22. The van der Waals surface area contributed by atoms with Gasteiger partial charge in [0.2, 0.25) is 0 Å². The Kier molecular flexibility index (Phi) is 9.21. The molecule has 0 bridgehead atoms. The van der Waals surface area contributed by atoms with Crippen LogP contribution in [0.4, 0.5) is 0 Å². The lowest BCUT2D eigenvalue weighted by Gasteiger charge is -2.19. The molecule has 0 spiro atoms. The fraction of sp³-hybridized carbons (Fsp3) is 0.375. The van der Waals surface area contributed by atoms with Crippen LogP contribution in [0.3, 0.4) is 0 Å². The molecule has 0 unspecified atom stereocenters. The van der Waals surface area contributed by atoms with Crippen LogP contribution < -0.4 is 20.9 Å². The zero-order chi connectivity index (χ0) is 23.9. The molecule has 0 aliphatic rings. The molecular weight excluding hydrogens is 490 g/mol. The van der Waals surface area contributed by atoms with Crippen LogP contribution in [0.1, 0.15) is 67.3 Å². The van der Waals surface area contributed by atoms with Gasteiger partial charge in [-0.2, -0.15) is 0 Å². The van der Waals surface area contributed by atoms with Crippen LogP contribution in [0, 0.1) is 5.92 Å². The predicted octanol–water partition coefficient (Wildman–Crippen LogP) is 5.12. The first-order valence-electron chi connectivity index (χ1n) is 10.4. The second-order valence-corrected chi connectivity index (χ2v) is 10.2. The van der Waals surface area contributed by atoms with Crippen LogP contribution in [0.2, 0.25) is 0 Å². The maximum Gasteiger partial charge on any atom is 0.269 e. The molecule has 2 aromatic carbocycles. The first-order chi connectivity index (χ1) is 15.0. The van der Waals surface area contributed by atoms with Gasteiger partial charge in [0.1, 0.15) is 5.75 Å². The normalized spacial score (nSPS) is 11.1. The lowest BCUT2D eigenvalue weighted by molar-refractivity contribution is 0.0933. The summed E-state index contributed by atoms with van der Waals surface area (Å²) in [7, 11) is 0. The molecule has 0 saturated heterocycles. The summed E-state index contributed by atoms with van der Waals surface area (Å²) >= 11 is 8.53. The van der Waals surface area contributed by atoms with Crippen LogP contribution in [0.5, 0.6) is 5.75 Å². The Morgan fingerprint density at radius 3 is 2.28 bits per heavy atom. The monoisotopic (exact) mass is 519 g/mol. The largest absolute Gasteiger partial charge is 0.493 e. The van der Waals surface area contributed by atoms with E-state index >= 15 is 0 Å². The van der Waals surface area contributed by atoms with E-state index < -0.39 is 5.91 Å². The third-order valence-electron chi connectivity index (χ3n) is 4.67. The van der Waals surface area contributed by atoms with E-state index in [9.17, 15) is 9.59 Å². The van der Waals surface area contributed by atoms with Crippen LogP contribution in [0.15, 0.2) is 46.9 Å². The van der Waals surface area contributed by atoms with Crippen molar-refractivity contribution in [3.63, 3.8) is 0 Å². The number of nitrogens with one attached hydrogen (secondary N) is 3. The molecule has 0 fully saturated rings. The molecule has 2 amide bonds. The summed E-state index contributed by atoms with van der Waals surface area (Å²) in [6.07, 6.45) is 0.875. The molecule has 2 rings (SSSR count). The summed E-state index contributed by atoms with van der Waals surface area (Å²) in [6.45, 7) is 11.0. The van der Waals surface area contributed by atoms with Gasteiger partial charge in [0, 0.05) is 10.0 Å². The van der Waals surface area contributed by atoms with Crippen LogP contribution in [-0.2, 0) is 5.41 Å². The number of hydrogen-bond donors (Lipinski definition) is 3. The predicted molar refractivity (Wildman–Crippen MR) is 135 cm³/mol. The van der Waals surface area contributed by atoms with E-state index in [1.54, 1.807) is 24.3 Å². The van der Waals surface area contributed by atoms with E-state index in [0.29, 0.717) is 29.4 Å². The van der Waals surface area contributed by atoms with Crippen molar-refractivity contribution < 1.29 is 14.3 Å². The minimum absolute atomic E-state index is 0.00287. The van der Waals surface area contributed by atoms with E-state index in [-0.39, 0.29) is 16.4 Å². The van der Waals surface area contributed by atoms with E-state index in [4.69, 9.17) is 17.0 Å². The standard InChI is InChI=1S/C24H30BrN3O3S/c1-15(2)12-13-31-20-11-10-18(25)14-19(20)22(30)26-23(32)28-27-21(29)16-6-8-17(9-7-16)24(3,4)5/h6-11,14-15H,12-13H2,1-5H3,(H,27,29)(H2,26,28,30,32). The number of hydrogen-bond acceptors (Lipinski definition) is 4. The highest BCUT2D eigenvalue weighted by atomic mass is 79.9. The molecule has 0 heterocycles. The molecule has 0 aliphatic heterocycles. The van der Waals surface area contributed by atoms with Crippen molar-refractivity contribution in [1.82, 2.24) is 16.2 Å². The Labute approximate surface area is 203 Å². The highest BCUT2D eigenvalue weighted by Crippen LogP contribution is 2.24. The molecule has 3 N–H and O–H groups in total. The summed E-state index contributed by atoms with van der Waals surface area (Å²) in [6, 6.07) is 12.6. The molecule has 0 aromatic heterocycles. The number of carbonyl (C=O) groups is 2. The molecule has 6 nitrogen and oxygen atoms in total. The second-order valence-electron chi connectivity index (χ2n) is 8.86. The molecule has 8 heteroatoms. The Balaban J connectivity index is 1.94. The van der Waals surface area contributed by atoms with Gasteiger partial charge in [-0.15, -0.1) is 0 Å². The van der Waals surface area contributed by atoms with Gasteiger partial charge in [-0.3, -0.25) is 25.8 Å². The highest BCUT2D eigenvalue weighted by molar-refractivity contribution is 9.10. The van der Waals surface area contributed by atoms with Crippen LogP contribution in [-0.4, -0.2) is 23.5 Å². The van der Waals surface area contributed by atoms with Crippen LogP contribution in [0.25, 0.3) is 0 Å². The number of hydrazine groups is 1. The maximum atomic E-state index is 12.7. The first-order valence-corrected chi connectivity index (χ1v) is 11.6. The molecule has 2 aromatic rings. The highest BCUT2D eigenvalue weighted by Gasteiger charge is 2.17. The van der Waals surface area contributed by atoms with Gasteiger partial charge in [0.15, 0.2) is 5.11 Å². The van der Waals surface area contributed by atoms with Gasteiger partial charge in [-0.1, -0.05) is 62.7 Å².